The number of Topliss-reactive ketones (excluding diaryl/α,β-unsaturated/α-hetero) is 1. The quantitative estimate of drug-likeness (QED) is 0.568. The number of aromatic amines is 1. The Bertz CT molecular complexity index is 379. The number of rotatable bonds is 2. The zero-order valence-corrected chi connectivity index (χ0v) is 7.47. The SMILES string of the molecule is CC(=O)c1c(C)[nH]c(C(N)=O)c1N. The lowest BCUT2D eigenvalue weighted by atomic mass is 10.1. The molecule has 0 unspecified atom stereocenters. The van der Waals surface area contributed by atoms with E-state index in [9.17, 15) is 9.59 Å². The Morgan fingerprint density at radius 1 is 1.38 bits per heavy atom. The van der Waals surface area contributed by atoms with Gasteiger partial charge in [0.05, 0.1) is 11.3 Å². The summed E-state index contributed by atoms with van der Waals surface area (Å²) in [5, 5.41) is 0. The van der Waals surface area contributed by atoms with Gasteiger partial charge in [-0.15, -0.1) is 0 Å². The number of hydrogen-bond acceptors (Lipinski definition) is 3. The summed E-state index contributed by atoms with van der Waals surface area (Å²) < 4.78 is 0. The van der Waals surface area contributed by atoms with Crippen molar-refractivity contribution in [1.29, 1.82) is 0 Å². The maximum atomic E-state index is 11.1. The summed E-state index contributed by atoms with van der Waals surface area (Å²) in [7, 11) is 0. The summed E-state index contributed by atoms with van der Waals surface area (Å²) in [5.41, 5.74) is 11.7. The monoisotopic (exact) mass is 181 g/mol. The Hall–Kier alpha value is -1.78. The van der Waals surface area contributed by atoms with Gasteiger partial charge >= 0.3 is 0 Å². The van der Waals surface area contributed by atoms with E-state index in [1.165, 1.54) is 6.92 Å². The van der Waals surface area contributed by atoms with Gasteiger partial charge in [0, 0.05) is 5.69 Å². The number of carbonyl (C=O) groups is 2. The molecule has 0 aliphatic heterocycles. The first-order valence-corrected chi connectivity index (χ1v) is 3.74. The van der Waals surface area contributed by atoms with E-state index in [-0.39, 0.29) is 17.2 Å². The van der Waals surface area contributed by atoms with E-state index >= 15 is 0 Å². The highest BCUT2D eigenvalue weighted by molar-refractivity contribution is 6.07. The molecule has 13 heavy (non-hydrogen) atoms. The Morgan fingerprint density at radius 3 is 2.15 bits per heavy atom. The average Bonchev–Trinajstić information content (AvgIpc) is 2.26. The lowest BCUT2D eigenvalue weighted by Crippen LogP contribution is -2.13. The standard InChI is InChI=1S/C8H11N3O2/c1-3-5(4(2)12)6(9)7(11-3)8(10)13/h11H,9H2,1-2H3,(H2,10,13). The summed E-state index contributed by atoms with van der Waals surface area (Å²) in [6.07, 6.45) is 0. The van der Waals surface area contributed by atoms with Gasteiger partial charge in [0.2, 0.25) is 0 Å². The van der Waals surface area contributed by atoms with Gasteiger partial charge in [0.15, 0.2) is 5.78 Å². The molecule has 0 fully saturated rings. The van der Waals surface area contributed by atoms with Crippen LogP contribution in [0.1, 0.15) is 33.5 Å². The number of nitrogens with one attached hydrogen (secondary N) is 1. The fraction of sp³-hybridized carbons (Fsp3) is 0.250. The molecule has 1 aromatic heterocycles. The normalized spacial score (nSPS) is 10.0. The molecular formula is C8H11N3O2. The highest BCUT2D eigenvalue weighted by atomic mass is 16.1. The largest absolute Gasteiger partial charge is 0.396 e. The summed E-state index contributed by atoms with van der Waals surface area (Å²) in [6.45, 7) is 3.05. The molecule has 0 spiro atoms. The van der Waals surface area contributed by atoms with Gasteiger partial charge in [-0.25, -0.2) is 0 Å². The zero-order chi connectivity index (χ0) is 10.2. The van der Waals surface area contributed by atoms with E-state index in [0.717, 1.165) is 0 Å². The third-order valence-corrected chi connectivity index (χ3v) is 1.82. The molecule has 70 valence electrons. The number of ketones is 1. The van der Waals surface area contributed by atoms with Crippen LogP contribution in [0.25, 0.3) is 0 Å². The van der Waals surface area contributed by atoms with Gasteiger partial charge < -0.3 is 16.5 Å². The number of aromatic nitrogens is 1. The molecule has 0 atom stereocenters. The smallest absolute Gasteiger partial charge is 0.267 e. The van der Waals surface area contributed by atoms with Crippen molar-refractivity contribution < 1.29 is 9.59 Å². The molecule has 0 radical (unpaired) electrons. The minimum atomic E-state index is -0.659. The summed E-state index contributed by atoms with van der Waals surface area (Å²) in [6, 6.07) is 0. The summed E-state index contributed by atoms with van der Waals surface area (Å²) >= 11 is 0. The number of aryl methyl sites for hydroxylation is 1. The van der Waals surface area contributed by atoms with Crippen molar-refractivity contribution in [2.24, 2.45) is 5.73 Å². The van der Waals surface area contributed by atoms with Crippen molar-refractivity contribution in [2.45, 2.75) is 13.8 Å². The highest BCUT2D eigenvalue weighted by Gasteiger charge is 2.18. The van der Waals surface area contributed by atoms with Crippen LogP contribution in [0.3, 0.4) is 0 Å². The minimum absolute atomic E-state index is 0.0997. The molecule has 0 aliphatic carbocycles. The van der Waals surface area contributed by atoms with Crippen LogP contribution in [0.15, 0.2) is 0 Å². The number of nitrogens with two attached hydrogens (primary N) is 2. The van der Waals surface area contributed by atoms with Crippen molar-refractivity contribution in [3.8, 4) is 0 Å². The first-order valence-electron chi connectivity index (χ1n) is 3.74. The van der Waals surface area contributed by atoms with Gasteiger partial charge in [-0.2, -0.15) is 0 Å². The van der Waals surface area contributed by atoms with E-state index in [0.29, 0.717) is 11.3 Å². The van der Waals surface area contributed by atoms with Crippen LogP contribution in [0.5, 0.6) is 0 Å². The van der Waals surface area contributed by atoms with Crippen LogP contribution in [0.4, 0.5) is 5.69 Å². The second-order valence-corrected chi connectivity index (χ2v) is 2.83. The van der Waals surface area contributed by atoms with E-state index in [1.54, 1.807) is 6.92 Å². The summed E-state index contributed by atoms with van der Waals surface area (Å²) in [4.78, 5) is 24.6. The number of carbonyl (C=O) groups excluding carboxylic acids is 2. The van der Waals surface area contributed by atoms with Crippen molar-refractivity contribution in [3.05, 3.63) is 17.0 Å². The van der Waals surface area contributed by atoms with Crippen LogP contribution < -0.4 is 11.5 Å². The first-order chi connectivity index (χ1) is 5.95. The Labute approximate surface area is 75.1 Å². The summed E-state index contributed by atoms with van der Waals surface area (Å²) in [5.74, 6) is -0.841. The van der Waals surface area contributed by atoms with Crippen molar-refractivity contribution in [2.75, 3.05) is 5.73 Å². The lowest BCUT2D eigenvalue weighted by molar-refractivity contribution is 0.0995. The maximum Gasteiger partial charge on any atom is 0.267 e. The molecule has 1 heterocycles. The third kappa shape index (κ3) is 1.40. The Morgan fingerprint density at radius 2 is 1.92 bits per heavy atom. The number of hydrogen-bond donors (Lipinski definition) is 3. The van der Waals surface area contributed by atoms with Crippen molar-refractivity contribution in [1.82, 2.24) is 4.98 Å². The van der Waals surface area contributed by atoms with Crippen LogP contribution in [0, 0.1) is 6.92 Å². The fourth-order valence-corrected chi connectivity index (χ4v) is 1.29. The van der Waals surface area contributed by atoms with Crippen LogP contribution in [-0.2, 0) is 0 Å². The Kier molecular flexibility index (Phi) is 2.10. The second kappa shape index (κ2) is 2.93. The molecule has 0 saturated carbocycles. The minimum Gasteiger partial charge on any atom is -0.396 e. The number of primary amides is 1. The fourth-order valence-electron chi connectivity index (χ4n) is 1.29. The topological polar surface area (TPSA) is 102 Å². The molecule has 0 saturated heterocycles. The molecule has 1 amide bonds. The Balaban J connectivity index is 3.39. The molecule has 5 heteroatoms. The van der Waals surface area contributed by atoms with E-state index in [2.05, 4.69) is 4.98 Å². The predicted octanol–water partition coefficient (Wildman–Crippen LogP) is 0.207. The van der Waals surface area contributed by atoms with Gasteiger partial charge in [-0.1, -0.05) is 0 Å². The van der Waals surface area contributed by atoms with Crippen molar-refractivity contribution in [3.63, 3.8) is 0 Å². The molecule has 0 aliphatic rings. The van der Waals surface area contributed by atoms with Crippen LogP contribution in [-0.4, -0.2) is 16.7 Å². The second-order valence-electron chi connectivity index (χ2n) is 2.83. The first kappa shape index (κ1) is 9.31. The van der Waals surface area contributed by atoms with Crippen LogP contribution >= 0.6 is 0 Å². The number of anilines is 1. The molecule has 5 N–H and O–H groups in total. The molecule has 0 aromatic carbocycles. The maximum absolute atomic E-state index is 11.1. The van der Waals surface area contributed by atoms with E-state index < -0.39 is 5.91 Å². The van der Waals surface area contributed by atoms with E-state index in [4.69, 9.17) is 11.5 Å². The van der Waals surface area contributed by atoms with Crippen molar-refractivity contribution >= 4 is 17.4 Å². The average molecular weight is 181 g/mol. The lowest BCUT2D eigenvalue weighted by Gasteiger charge is -1.95. The zero-order valence-electron chi connectivity index (χ0n) is 7.47. The van der Waals surface area contributed by atoms with Crippen LogP contribution in [0.2, 0.25) is 0 Å². The molecule has 0 bridgehead atoms. The third-order valence-electron chi connectivity index (χ3n) is 1.82. The van der Waals surface area contributed by atoms with Gasteiger partial charge in [-0.3, -0.25) is 9.59 Å². The molecular weight excluding hydrogens is 170 g/mol. The number of H-pyrrole nitrogens is 1. The van der Waals surface area contributed by atoms with Gasteiger partial charge in [0.1, 0.15) is 5.69 Å². The molecule has 5 nitrogen and oxygen atoms in total. The number of amides is 1. The highest BCUT2D eigenvalue weighted by Crippen LogP contribution is 2.21. The number of nitrogen functional groups attached to an aromatic ring is 1. The van der Waals surface area contributed by atoms with E-state index in [1.807, 2.05) is 0 Å². The van der Waals surface area contributed by atoms with Gasteiger partial charge in [-0.05, 0) is 13.8 Å². The predicted molar refractivity (Wildman–Crippen MR) is 48.5 cm³/mol. The van der Waals surface area contributed by atoms with Gasteiger partial charge in [0.25, 0.3) is 5.91 Å². The molecule has 1 rings (SSSR count). The molecule has 1 aromatic rings.